The minimum Gasteiger partial charge on any atom is -0.385 e. The predicted octanol–water partition coefficient (Wildman–Crippen LogP) is 1.79. The zero-order chi connectivity index (χ0) is 14.5. The van der Waals surface area contributed by atoms with Gasteiger partial charge in [-0.3, -0.25) is 0 Å². The van der Waals surface area contributed by atoms with Crippen molar-refractivity contribution in [2.24, 2.45) is 0 Å². The molecule has 1 N–H and O–H groups in total. The lowest BCUT2D eigenvalue weighted by Gasteiger charge is -2.37. The third kappa shape index (κ3) is 1.87. The summed E-state index contributed by atoms with van der Waals surface area (Å²) in [4.78, 5) is 0. The lowest BCUT2D eigenvalue weighted by molar-refractivity contribution is 0.0170. The van der Waals surface area contributed by atoms with Gasteiger partial charge in [0.25, 0.3) is 0 Å². The molecule has 1 aromatic rings. The molecule has 1 aromatic carbocycles. The normalized spacial score (nSPS) is 34.6. The molecule has 4 nitrogen and oxygen atoms in total. The second kappa shape index (κ2) is 4.31. The van der Waals surface area contributed by atoms with Crippen LogP contribution in [0.3, 0.4) is 0 Å². The lowest BCUT2D eigenvalue weighted by atomic mass is 9.82. The Hall–Kier alpha value is -1.38. The van der Waals surface area contributed by atoms with Crippen molar-refractivity contribution in [1.29, 1.82) is 5.26 Å². The second-order valence-electron chi connectivity index (χ2n) is 6.01. The van der Waals surface area contributed by atoms with Gasteiger partial charge < -0.3 is 5.11 Å². The maximum Gasteiger partial charge on any atom is 0.156 e. The first-order chi connectivity index (χ1) is 9.37. The molecule has 5 heteroatoms. The highest BCUT2D eigenvalue weighted by Gasteiger charge is 2.53. The first-order valence-corrected chi connectivity index (χ1v) is 8.44. The van der Waals surface area contributed by atoms with Gasteiger partial charge in [-0.2, -0.15) is 5.26 Å². The van der Waals surface area contributed by atoms with Crippen molar-refractivity contribution in [3.63, 3.8) is 0 Å². The van der Waals surface area contributed by atoms with Gasteiger partial charge in [0.2, 0.25) is 0 Å². The minimum absolute atomic E-state index is 0.212. The first-order valence-electron chi connectivity index (χ1n) is 6.83. The number of hydrogen-bond acceptors (Lipinski definition) is 4. The van der Waals surface area contributed by atoms with Gasteiger partial charge in [-0.1, -0.05) is 17.7 Å². The van der Waals surface area contributed by atoms with Crippen molar-refractivity contribution in [1.82, 2.24) is 0 Å². The summed E-state index contributed by atoms with van der Waals surface area (Å²) in [5.41, 5.74) is 0.811. The topological polar surface area (TPSA) is 78.2 Å². The van der Waals surface area contributed by atoms with Gasteiger partial charge in [0.15, 0.2) is 9.84 Å². The molecular weight excluding hydrogens is 274 g/mol. The molecule has 0 radical (unpaired) electrons. The molecule has 2 aliphatic heterocycles. The minimum atomic E-state index is -3.08. The average molecular weight is 291 g/mol. The number of hydrogen-bond donors (Lipinski definition) is 1. The number of sulfone groups is 1. The van der Waals surface area contributed by atoms with Gasteiger partial charge in [-0.15, -0.1) is 0 Å². The van der Waals surface area contributed by atoms with Gasteiger partial charge in [-0.25, -0.2) is 8.42 Å². The van der Waals surface area contributed by atoms with Crippen LogP contribution in [0.5, 0.6) is 0 Å². The van der Waals surface area contributed by atoms with Gasteiger partial charge >= 0.3 is 0 Å². The van der Waals surface area contributed by atoms with Crippen LogP contribution < -0.4 is 0 Å². The van der Waals surface area contributed by atoms with E-state index < -0.39 is 25.9 Å². The van der Waals surface area contributed by atoms with E-state index in [4.69, 9.17) is 0 Å². The summed E-state index contributed by atoms with van der Waals surface area (Å²) in [5.74, 6) is 0. The van der Waals surface area contributed by atoms with E-state index in [1.165, 1.54) is 0 Å². The maximum absolute atomic E-state index is 12.1. The van der Waals surface area contributed by atoms with E-state index in [0.29, 0.717) is 24.0 Å². The highest BCUT2D eigenvalue weighted by Crippen LogP contribution is 2.48. The third-order valence-corrected chi connectivity index (χ3v) is 7.33. The molecule has 0 spiro atoms. The Morgan fingerprint density at radius 3 is 2.45 bits per heavy atom. The number of fused-ring (bicyclic) bond motifs is 2. The highest BCUT2D eigenvalue weighted by atomic mass is 32.2. The monoisotopic (exact) mass is 291 g/mol. The Morgan fingerprint density at radius 1 is 1.30 bits per heavy atom. The second-order valence-corrected chi connectivity index (χ2v) is 8.52. The van der Waals surface area contributed by atoms with Crippen molar-refractivity contribution in [2.45, 2.75) is 48.7 Å². The highest BCUT2D eigenvalue weighted by molar-refractivity contribution is 7.93. The Bertz CT molecular complexity index is 682. The van der Waals surface area contributed by atoms with Crippen LogP contribution in [0.15, 0.2) is 18.2 Å². The van der Waals surface area contributed by atoms with Crippen LogP contribution in [0.1, 0.15) is 42.4 Å². The van der Waals surface area contributed by atoms with E-state index in [9.17, 15) is 18.8 Å². The largest absolute Gasteiger partial charge is 0.385 e. The number of benzene rings is 1. The molecule has 2 unspecified atom stereocenters. The van der Waals surface area contributed by atoms with Crippen LogP contribution in [-0.2, 0) is 15.4 Å². The van der Waals surface area contributed by atoms with Crippen LogP contribution in [-0.4, -0.2) is 24.0 Å². The van der Waals surface area contributed by atoms with Crippen LogP contribution >= 0.6 is 0 Å². The third-order valence-electron chi connectivity index (χ3n) is 4.67. The molecule has 2 bridgehead atoms. The van der Waals surface area contributed by atoms with Crippen molar-refractivity contribution in [3.8, 4) is 6.07 Å². The van der Waals surface area contributed by atoms with Crippen molar-refractivity contribution in [2.75, 3.05) is 0 Å². The Kier molecular flexibility index (Phi) is 2.93. The molecule has 0 amide bonds. The molecule has 0 aromatic heterocycles. The summed E-state index contributed by atoms with van der Waals surface area (Å²) >= 11 is 0. The summed E-state index contributed by atoms with van der Waals surface area (Å²) in [7, 11) is -3.08. The number of aliphatic hydroxyl groups is 1. The van der Waals surface area contributed by atoms with E-state index in [1.54, 1.807) is 6.07 Å². The average Bonchev–Trinajstić information content (AvgIpc) is 2.59. The fourth-order valence-corrected chi connectivity index (χ4v) is 6.10. The maximum atomic E-state index is 12.1. The van der Waals surface area contributed by atoms with E-state index in [-0.39, 0.29) is 12.8 Å². The van der Waals surface area contributed by atoms with Crippen molar-refractivity contribution >= 4 is 9.84 Å². The van der Waals surface area contributed by atoms with Gasteiger partial charge in [-0.05, 0) is 38.7 Å². The van der Waals surface area contributed by atoms with Crippen LogP contribution in [0.2, 0.25) is 0 Å². The summed E-state index contributed by atoms with van der Waals surface area (Å²) in [6.07, 6.45) is 1.68. The zero-order valence-electron chi connectivity index (χ0n) is 11.3. The van der Waals surface area contributed by atoms with Crippen molar-refractivity contribution < 1.29 is 13.5 Å². The predicted molar refractivity (Wildman–Crippen MR) is 74.8 cm³/mol. The fraction of sp³-hybridized carbons (Fsp3) is 0.533. The van der Waals surface area contributed by atoms with E-state index in [0.717, 1.165) is 5.56 Å². The van der Waals surface area contributed by atoms with E-state index >= 15 is 0 Å². The Balaban J connectivity index is 2.08. The van der Waals surface area contributed by atoms with Gasteiger partial charge in [0.05, 0.1) is 27.7 Å². The van der Waals surface area contributed by atoms with Crippen LogP contribution in [0, 0.1) is 18.3 Å². The summed E-state index contributed by atoms with van der Waals surface area (Å²) in [6.45, 7) is 1.90. The molecule has 2 atom stereocenters. The Morgan fingerprint density at radius 2 is 1.90 bits per heavy atom. The number of rotatable bonds is 1. The molecule has 20 heavy (non-hydrogen) atoms. The van der Waals surface area contributed by atoms with E-state index in [1.807, 2.05) is 19.1 Å². The first kappa shape index (κ1) is 13.6. The number of aryl methyl sites for hydroxylation is 1. The molecule has 0 saturated carbocycles. The molecule has 2 aliphatic rings. The quantitative estimate of drug-likeness (QED) is 0.855. The van der Waals surface area contributed by atoms with Crippen LogP contribution in [0.25, 0.3) is 0 Å². The Labute approximate surface area is 119 Å². The SMILES string of the molecule is Cc1ccc(C#N)c(C2(O)CC3CCC(C2)S3(=O)=O)c1. The summed E-state index contributed by atoms with van der Waals surface area (Å²) in [6, 6.07) is 7.46. The smallest absolute Gasteiger partial charge is 0.156 e. The molecule has 0 aliphatic carbocycles. The zero-order valence-corrected chi connectivity index (χ0v) is 12.2. The summed E-state index contributed by atoms with van der Waals surface area (Å²) < 4.78 is 24.3. The molecule has 2 heterocycles. The van der Waals surface area contributed by atoms with Crippen LogP contribution in [0.4, 0.5) is 0 Å². The van der Waals surface area contributed by atoms with Gasteiger partial charge in [0, 0.05) is 5.56 Å². The molecule has 2 saturated heterocycles. The lowest BCUT2D eigenvalue weighted by Crippen LogP contribution is -2.43. The van der Waals surface area contributed by atoms with Gasteiger partial charge in [0.1, 0.15) is 0 Å². The molecule has 106 valence electrons. The molecule has 2 fully saturated rings. The number of nitrogens with zero attached hydrogens (tertiary/aromatic N) is 1. The molecular formula is C15H17NO3S. The van der Waals surface area contributed by atoms with E-state index in [2.05, 4.69) is 6.07 Å². The fourth-order valence-electron chi connectivity index (χ4n) is 3.61. The van der Waals surface area contributed by atoms with Crippen molar-refractivity contribution in [3.05, 3.63) is 34.9 Å². The number of nitriles is 1. The summed E-state index contributed by atoms with van der Waals surface area (Å²) in [5, 5.41) is 19.3. The molecule has 3 rings (SSSR count). The standard InChI is InChI=1S/C15H17NO3S/c1-10-2-3-11(9-16)14(6-10)15(17)7-12-4-5-13(8-15)20(12,18)19/h2-3,6,12-13,17H,4-5,7-8H2,1H3.